The van der Waals surface area contributed by atoms with Crippen LogP contribution in [0.3, 0.4) is 0 Å². The van der Waals surface area contributed by atoms with Gasteiger partial charge in [-0.1, -0.05) is 53.4 Å². The summed E-state index contributed by atoms with van der Waals surface area (Å²) in [6.07, 6.45) is 7.23. The van der Waals surface area contributed by atoms with Crippen molar-refractivity contribution < 1.29 is 9.90 Å². The third-order valence-corrected chi connectivity index (χ3v) is 4.91. The van der Waals surface area contributed by atoms with Gasteiger partial charge < -0.3 is 10.8 Å². The van der Waals surface area contributed by atoms with Crippen LogP contribution < -0.4 is 5.73 Å². The molecule has 0 aliphatic heterocycles. The maximum Gasteiger partial charge on any atom is 0.307 e. The molecule has 0 heterocycles. The fourth-order valence-electron chi connectivity index (χ4n) is 3.73. The summed E-state index contributed by atoms with van der Waals surface area (Å²) in [4.78, 5) is 11.6. The predicted octanol–water partition coefficient (Wildman–Crippen LogP) is 3.81. The molecule has 1 saturated carbocycles. The predicted molar refractivity (Wildman–Crippen MR) is 79.0 cm³/mol. The lowest BCUT2D eigenvalue weighted by Gasteiger charge is -2.41. The Balaban J connectivity index is 2.95. The van der Waals surface area contributed by atoms with E-state index in [1.54, 1.807) is 0 Å². The van der Waals surface area contributed by atoms with Gasteiger partial charge in [0.1, 0.15) is 0 Å². The molecule has 0 saturated heterocycles. The molecule has 2 unspecified atom stereocenters. The summed E-state index contributed by atoms with van der Waals surface area (Å²) in [5.74, 6) is -0.898. The topological polar surface area (TPSA) is 63.3 Å². The van der Waals surface area contributed by atoms with Crippen molar-refractivity contribution in [2.45, 2.75) is 78.7 Å². The lowest BCUT2D eigenvalue weighted by Crippen LogP contribution is -2.43. The summed E-state index contributed by atoms with van der Waals surface area (Å²) < 4.78 is 0. The minimum absolute atomic E-state index is 0.00153. The first-order chi connectivity index (χ1) is 8.67. The van der Waals surface area contributed by atoms with Crippen molar-refractivity contribution in [1.29, 1.82) is 0 Å². The summed E-state index contributed by atoms with van der Waals surface area (Å²) in [6, 6.07) is 0.166. The molecule has 3 N–H and O–H groups in total. The summed E-state index contributed by atoms with van der Waals surface area (Å²) in [6.45, 7) is 8.57. The van der Waals surface area contributed by atoms with Crippen LogP contribution in [-0.4, -0.2) is 17.1 Å². The van der Waals surface area contributed by atoms with Gasteiger partial charge in [-0.15, -0.1) is 0 Å². The van der Waals surface area contributed by atoms with Gasteiger partial charge in [0, 0.05) is 6.04 Å². The highest BCUT2D eigenvalue weighted by Crippen LogP contribution is 2.44. The van der Waals surface area contributed by atoms with E-state index in [1.165, 1.54) is 12.8 Å². The molecule has 0 aromatic rings. The van der Waals surface area contributed by atoms with E-state index in [0.717, 1.165) is 32.1 Å². The molecule has 0 radical (unpaired) electrons. The van der Waals surface area contributed by atoms with Gasteiger partial charge in [0.15, 0.2) is 0 Å². The smallest absolute Gasteiger partial charge is 0.307 e. The van der Waals surface area contributed by atoms with Gasteiger partial charge in [-0.3, -0.25) is 4.79 Å². The zero-order valence-electron chi connectivity index (χ0n) is 13.0. The van der Waals surface area contributed by atoms with Gasteiger partial charge in [0.25, 0.3) is 0 Å². The monoisotopic (exact) mass is 269 g/mol. The van der Waals surface area contributed by atoms with Crippen molar-refractivity contribution in [3.05, 3.63) is 0 Å². The van der Waals surface area contributed by atoms with Gasteiger partial charge >= 0.3 is 5.97 Å². The quantitative estimate of drug-likeness (QED) is 0.760. The molecule has 0 aromatic carbocycles. The van der Waals surface area contributed by atoms with Gasteiger partial charge in [-0.25, -0.2) is 0 Å². The zero-order chi connectivity index (χ0) is 14.7. The number of nitrogens with two attached hydrogens (primary N) is 1. The number of aliphatic carboxylic acids is 1. The van der Waals surface area contributed by atoms with Crippen molar-refractivity contribution in [1.82, 2.24) is 0 Å². The SMILES string of the molecule is CC1(C)CC(C)(C)C(C(=O)O)CCCCCCC1N. The van der Waals surface area contributed by atoms with Gasteiger partial charge in [0.05, 0.1) is 5.92 Å². The molecule has 19 heavy (non-hydrogen) atoms. The Kier molecular flexibility index (Phi) is 5.43. The molecule has 1 aliphatic rings. The Labute approximate surface area is 118 Å². The summed E-state index contributed by atoms with van der Waals surface area (Å²) in [5, 5.41) is 9.53. The van der Waals surface area contributed by atoms with Crippen molar-refractivity contribution >= 4 is 5.97 Å². The van der Waals surface area contributed by atoms with Crippen LogP contribution in [0.4, 0.5) is 0 Å². The van der Waals surface area contributed by atoms with E-state index in [4.69, 9.17) is 5.73 Å². The molecule has 3 heteroatoms. The van der Waals surface area contributed by atoms with Gasteiger partial charge in [-0.05, 0) is 30.1 Å². The molecule has 1 fully saturated rings. The molecular formula is C16H31NO2. The fourth-order valence-corrected chi connectivity index (χ4v) is 3.73. The number of carboxylic acids is 1. The first kappa shape index (κ1) is 16.5. The van der Waals surface area contributed by atoms with E-state index >= 15 is 0 Å². The van der Waals surface area contributed by atoms with E-state index < -0.39 is 5.97 Å². The molecule has 0 bridgehead atoms. The number of carbonyl (C=O) groups is 1. The van der Waals surface area contributed by atoms with E-state index in [-0.39, 0.29) is 22.8 Å². The average molecular weight is 269 g/mol. The van der Waals surface area contributed by atoms with Crippen LogP contribution in [0.1, 0.15) is 72.6 Å². The molecule has 2 atom stereocenters. The minimum Gasteiger partial charge on any atom is -0.481 e. The Hall–Kier alpha value is -0.570. The van der Waals surface area contributed by atoms with Crippen LogP contribution >= 0.6 is 0 Å². The second-order valence-electron chi connectivity index (χ2n) is 7.64. The number of hydrogen-bond acceptors (Lipinski definition) is 2. The van der Waals surface area contributed by atoms with E-state index in [0.29, 0.717) is 0 Å². The van der Waals surface area contributed by atoms with Crippen molar-refractivity contribution in [3.63, 3.8) is 0 Å². The third-order valence-electron chi connectivity index (χ3n) is 4.91. The summed E-state index contributed by atoms with van der Waals surface area (Å²) in [7, 11) is 0. The molecule has 0 aromatic heterocycles. The summed E-state index contributed by atoms with van der Waals surface area (Å²) >= 11 is 0. The Morgan fingerprint density at radius 1 is 1.00 bits per heavy atom. The fraction of sp³-hybridized carbons (Fsp3) is 0.938. The highest BCUT2D eigenvalue weighted by Gasteiger charge is 2.41. The van der Waals surface area contributed by atoms with Crippen LogP contribution in [0.15, 0.2) is 0 Å². The van der Waals surface area contributed by atoms with E-state index in [1.807, 2.05) is 0 Å². The summed E-state index contributed by atoms with van der Waals surface area (Å²) in [5.41, 5.74) is 6.15. The van der Waals surface area contributed by atoms with Gasteiger partial charge in [0.2, 0.25) is 0 Å². The Bertz CT molecular complexity index is 310. The molecule has 0 spiro atoms. The maximum absolute atomic E-state index is 11.6. The molecule has 1 rings (SSSR count). The van der Waals surface area contributed by atoms with Crippen molar-refractivity contribution in [2.24, 2.45) is 22.5 Å². The highest BCUT2D eigenvalue weighted by molar-refractivity contribution is 5.70. The van der Waals surface area contributed by atoms with Crippen molar-refractivity contribution in [3.8, 4) is 0 Å². The van der Waals surface area contributed by atoms with E-state index in [2.05, 4.69) is 27.7 Å². The number of rotatable bonds is 1. The number of hydrogen-bond donors (Lipinski definition) is 2. The first-order valence-electron chi connectivity index (χ1n) is 7.65. The van der Waals surface area contributed by atoms with E-state index in [9.17, 15) is 9.90 Å². The lowest BCUT2D eigenvalue weighted by molar-refractivity contribution is -0.147. The van der Waals surface area contributed by atoms with Crippen LogP contribution in [0, 0.1) is 16.7 Å². The van der Waals surface area contributed by atoms with Crippen LogP contribution in [0.25, 0.3) is 0 Å². The second-order valence-corrected chi connectivity index (χ2v) is 7.64. The molecule has 0 amide bonds. The highest BCUT2D eigenvalue weighted by atomic mass is 16.4. The standard InChI is InChI=1S/C16H31NO2/c1-15(2)11-16(3,4)13(17)10-8-6-5-7-9-12(15)14(18)19/h12-13H,5-11,17H2,1-4H3,(H,18,19). The maximum atomic E-state index is 11.6. The normalized spacial score (nSPS) is 32.3. The largest absolute Gasteiger partial charge is 0.481 e. The molecule has 112 valence electrons. The van der Waals surface area contributed by atoms with Crippen molar-refractivity contribution in [2.75, 3.05) is 0 Å². The zero-order valence-corrected chi connectivity index (χ0v) is 13.0. The Morgan fingerprint density at radius 2 is 1.53 bits per heavy atom. The average Bonchev–Trinajstić information content (AvgIpc) is 2.25. The lowest BCUT2D eigenvalue weighted by atomic mass is 9.64. The minimum atomic E-state index is -0.645. The van der Waals surface area contributed by atoms with Gasteiger partial charge in [-0.2, -0.15) is 0 Å². The number of carboxylic acid groups (broad SMARTS) is 1. The van der Waals surface area contributed by atoms with Crippen LogP contribution in [0.5, 0.6) is 0 Å². The molecule has 1 aliphatic carbocycles. The molecular weight excluding hydrogens is 238 g/mol. The second kappa shape index (κ2) is 6.25. The third kappa shape index (κ3) is 4.48. The van der Waals surface area contributed by atoms with Crippen LogP contribution in [-0.2, 0) is 4.79 Å². The molecule has 3 nitrogen and oxygen atoms in total. The first-order valence-corrected chi connectivity index (χ1v) is 7.65. The Morgan fingerprint density at radius 3 is 2.05 bits per heavy atom. The van der Waals surface area contributed by atoms with Crippen LogP contribution in [0.2, 0.25) is 0 Å².